The van der Waals surface area contributed by atoms with Gasteiger partial charge in [-0.2, -0.15) is 5.10 Å². The van der Waals surface area contributed by atoms with Crippen LogP contribution in [0.25, 0.3) is 0 Å². The number of amides is 1. The fourth-order valence-electron chi connectivity index (χ4n) is 3.17. The van der Waals surface area contributed by atoms with Gasteiger partial charge in [0.05, 0.1) is 25.3 Å². The first-order valence-corrected chi connectivity index (χ1v) is 8.79. The van der Waals surface area contributed by atoms with Crippen LogP contribution in [-0.2, 0) is 29.2 Å². The topological polar surface area (TPSA) is 59.4 Å². The molecule has 1 N–H and O–H groups in total. The van der Waals surface area contributed by atoms with Gasteiger partial charge >= 0.3 is 0 Å². The average Bonchev–Trinajstić information content (AvgIpc) is 3.28. The monoisotopic (exact) mass is 342 g/mol. The van der Waals surface area contributed by atoms with Crippen LogP contribution in [0.2, 0.25) is 0 Å². The molecule has 6 nitrogen and oxygen atoms in total. The third-order valence-electron chi connectivity index (χ3n) is 4.57. The zero-order valence-corrected chi connectivity index (χ0v) is 14.7. The number of ether oxygens (including phenoxy) is 1. The van der Waals surface area contributed by atoms with Gasteiger partial charge in [0.2, 0.25) is 5.91 Å². The lowest BCUT2D eigenvalue weighted by Gasteiger charge is -2.16. The van der Waals surface area contributed by atoms with Crippen molar-refractivity contribution in [1.29, 1.82) is 0 Å². The van der Waals surface area contributed by atoms with Crippen molar-refractivity contribution in [2.75, 3.05) is 26.8 Å². The molecule has 1 atom stereocenters. The van der Waals surface area contributed by atoms with Crippen LogP contribution in [0.15, 0.2) is 42.7 Å². The highest BCUT2D eigenvalue weighted by atomic mass is 16.5. The van der Waals surface area contributed by atoms with Crippen molar-refractivity contribution in [2.24, 2.45) is 5.92 Å². The number of hydrogen-bond donors (Lipinski definition) is 1. The van der Waals surface area contributed by atoms with Gasteiger partial charge in [-0.25, -0.2) is 0 Å². The van der Waals surface area contributed by atoms with E-state index in [2.05, 4.69) is 39.6 Å². The normalized spacial score (nSPS) is 17.7. The van der Waals surface area contributed by atoms with E-state index >= 15 is 0 Å². The van der Waals surface area contributed by atoms with E-state index in [9.17, 15) is 4.79 Å². The summed E-state index contributed by atoms with van der Waals surface area (Å²) in [6, 6.07) is 10.4. The van der Waals surface area contributed by atoms with Crippen LogP contribution in [0.4, 0.5) is 0 Å². The molecule has 3 rings (SSSR count). The van der Waals surface area contributed by atoms with E-state index in [-0.39, 0.29) is 11.8 Å². The van der Waals surface area contributed by atoms with Gasteiger partial charge in [0.1, 0.15) is 0 Å². The number of likely N-dealkylation sites (tertiary alicyclic amines) is 1. The Labute approximate surface area is 148 Å². The van der Waals surface area contributed by atoms with Crippen molar-refractivity contribution >= 4 is 5.91 Å². The smallest absolute Gasteiger partial charge is 0.224 e. The molecule has 0 aliphatic carbocycles. The van der Waals surface area contributed by atoms with Crippen molar-refractivity contribution in [2.45, 2.75) is 26.1 Å². The Hall–Kier alpha value is -2.18. The largest absolute Gasteiger partial charge is 0.383 e. The Balaban J connectivity index is 1.42. The summed E-state index contributed by atoms with van der Waals surface area (Å²) in [7, 11) is 1.67. The van der Waals surface area contributed by atoms with Crippen molar-refractivity contribution in [1.82, 2.24) is 20.0 Å². The van der Waals surface area contributed by atoms with Gasteiger partial charge in [0.15, 0.2) is 0 Å². The molecular formula is C19H26N4O2. The van der Waals surface area contributed by atoms with E-state index in [0.717, 1.165) is 38.2 Å². The molecule has 1 amide bonds. The summed E-state index contributed by atoms with van der Waals surface area (Å²) in [6.45, 7) is 4.60. The molecule has 1 aromatic carbocycles. The molecule has 1 aliphatic heterocycles. The van der Waals surface area contributed by atoms with Crippen LogP contribution in [0.1, 0.15) is 17.5 Å². The van der Waals surface area contributed by atoms with E-state index in [4.69, 9.17) is 4.74 Å². The van der Waals surface area contributed by atoms with Gasteiger partial charge in [-0.1, -0.05) is 30.3 Å². The second-order valence-corrected chi connectivity index (χ2v) is 6.53. The quantitative estimate of drug-likeness (QED) is 0.793. The van der Waals surface area contributed by atoms with Gasteiger partial charge in [-0.05, 0) is 18.5 Å². The highest BCUT2D eigenvalue weighted by Crippen LogP contribution is 2.19. The molecule has 1 fully saturated rings. The molecule has 0 spiro atoms. The fraction of sp³-hybridized carbons (Fsp3) is 0.474. The van der Waals surface area contributed by atoms with Crippen molar-refractivity contribution in [3.05, 3.63) is 53.9 Å². The summed E-state index contributed by atoms with van der Waals surface area (Å²) in [5.41, 5.74) is 2.32. The lowest BCUT2D eigenvalue weighted by atomic mass is 10.1. The van der Waals surface area contributed by atoms with E-state index in [1.807, 2.05) is 16.9 Å². The van der Waals surface area contributed by atoms with Crippen molar-refractivity contribution < 1.29 is 9.53 Å². The molecule has 0 radical (unpaired) electrons. The third kappa shape index (κ3) is 5.14. The zero-order chi connectivity index (χ0) is 17.5. The van der Waals surface area contributed by atoms with E-state index in [1.54, 1.807) is 13.3 Å². The summed E-state index contributed by atoms with van der Waals surface area (Å²) >= 11 is 0. The first kappa shape index (κ1) is 17.6. The molecule has 6 heteroatoms. The van der Waals surface area contributed by atoms with E-state index < -0.39 is 0 Å². The molecule has 134 valence electrons. The number of benzene rings is 1. The highest BCUT2D eigenvalue weighted by molar-refractivity contribution is 5.79. The number of methoxy groups -OCH3 is 1. The van der Waals surface area contributed by atoms with Crippen molar-refractivity contribution in [3.63, 3.8) is 0 Å². The summed E-state index contributed by atoms with van der Waals surface area (Å²) in [5, 5.41) is 7.31. The standard InChI is InChI=1S/C19H26N4O2/c1-25-10-9-23-14-17(12-21-23)11-20-19(24)18-7-8-22(15-18)13-16-5-3-2-4-6-16/h2-6,12,14,18H,7-11,13,15H2,1H3,(H,20,24). The molecule has 1 unspecified atom stereocenters. The Kier molecular flexibility index (Phi) is 6.19. The first-order chi connectivity index (χ1) is 12.2. The van der Waals surface area contributed by atoms with Crippen LogP contribution < -0.4 is 5.32 Å². The minimum Gasteiger partial charge on any atom is -0.383 e. The van der Waals surface area contributed by atoms with Crippen molar-refractivity contribution in [3.8, 4) is 0 Å². The van der Waals surface area contributed by atoms with Crippen LogP contribution in [0.3, 0.4) is 0 Å². The lowest BCUT2D eigenvalue weighted by Crippen LogP contribution is -2.32. The second-order valence-electron chi connectivity index (χ2n) is 6.53. The molecule has 1 saturated heterocycles. The molecule has 0 bridgehead atoms. The number of aromatic nitrogens is 2. The van der Waals surface area contributed by atoms with Gasteiger partial charge in [-0.3, -0.25) is 14.4 Å². The molecule has 0 saturated carbocycles. The van der Waals surface area contributed by atoms with Crippen LogP contribution in [-0.4, -0.2) is 47.4 Å². The second kappa shape index (κ2) is 8.78. The van der Waals surface area contributed by atoms with Gasteiger partial charge in [-0.15, -0.1) is 0 Å². The molecular weight excluding hydrogens is 316 g/mol. The maximum absolute atomic E-state index is 12.4. The van der Waals surface area contributed by atoms with Gasteiger partial charge < -0.3 is 10.1 Å². The minimum absolute atomic E-state index is 0.0762. The highest BCUT2D eigenvalue weighted by Gasteiger charge is 2.27. The van der Waals surface area contributed by atoms with E-state index in [1.165, 1.54) is 5.56 Å². The Morgan fingerprint density at radius 3 is 2.96 bits per heavy atom. The zero-order valence-electron chi connectivity index (χ0n) is 14.7. The summed E-state index contributed by atoms with van der Waals surface area (Å²) in [6.07, 6.45) is 4.67. The number of carbonyl (C=O) groups is 1. The first-order valence-electron chi connectivity index (χ1n) is 8.79. The van der Waals surface area contributed by atoms with E-state index in [0.29, 0.717) is 13.2 Å². The van der Waals surface area contributed by atoms with Crippen LogP contribution >= 0.6 is 0 Å². The number of carbonyl (C=O) groups excluding carboxylic acids is 1. The summed E-state index contributed by atoms with van der Waals surface area (Å²) in [4.78, 5) is 14.8. The molecule has 2 aromatic rings. The van der Waals surface area contributed by atoms with Gasteiger partial charge in [0, 0.05) is 38.5 Å². The maximum atomic E-state index is 12.4. The van der Waals surface area contributed by atoms with Crippen LogP contribution in [0.5, 0.6) is 0 Å². The lowest BCUT2D eigenvalue weighted by molar-refractivity contribution is -0.124. The summed E-state index contributed by atoms with van der Waals surface area (Å²) < 4.78 is 6.87. The molecule has 1 aromatic heterocycles. The number of hydrogen-bond acceptors (Lipinski definition) is 4. The third-order valence-corrected chi connectivity index (χ3v) is 4.57. The fourth-order valence-corrected chi connectivity index (χ4v) is 3.17. The number of nitrogens with zero attached hydrogens (tertiary/aromatic N) is 3. The predicted octanol–water partition coefficient (Wildman–Crippen LogP) is 1.67. The predicted molar refractivity (Wildman–Crippen MR) is 95.8 cm³/mol. The van der Waals surface area contributed by atoms with Gasteiger partial charge in [0.25, 0.3) is 0 Å². The average molecular weight is 342 g/mol. The Morgan fingerprint density at radius 2 is 2.16 bits per heavy atom. The minimum atomic E-state index is 0.0762. The molecule has 2 heterocycles. The number of rotatable bonds is 8. The summed E-state index contributed by atoms with van der Waals surface area (Å²) in [5.74, 6) is 0.215. The Morgan fingerprint density at radius 1 is 1.32 bits per heavy atom. The number of nitrogens with one attached hydrogen (secondary N) is 1. The SMILES string of the molecule is COCCn1cc(CNC(=O)C2CCN(Cc3ccccc3)C2)cn1. The Bertz CT molecular complexity index is 671. The molecule has 25 heavy (non-hydrogen) atoms. The maximum Gasteiger partial charge on any atom is 0.224 e. The van der Waals surface area contributed by atoms with Crippen LogP contribution in [0, 0.1) is 5.92 Å². The molecule has 1 aliphatic rings.